The molecule has 0 saturated carbocycles. The van der Waals surface area contributed by atoms with Crippen molar-refractivity contribution >= 4 is 21.8 Å². The lowest BCUT2D eigenvalue weighted by Crippen LogP contribution is -1.98. The van der Waals surface area contributed by atoms with Gasteiger partial charge in [-0.15, -0.1) is 0 Å². The maximum atomic E-state index is 4.34. The second-order valence-electron chi connectivity index (χ2n) is 9.30. The van der Waals surface area contributed by atoms with Gasteiger partial charge in [0.05, 0.1) is 12.1 Å². The molecule has 0 amide bonds. The summed E-state index contributed by atoms with van der Waals surface area (Å²) in [6.07, 6.45) is 11.9. The van der Waals surface area contributed by atoms with Gasteiger partial charge in [-0.2, -0.15) is 0 Å². The molecule has 7 aromatic rings. The molecule has 0 unspecified atom stereocenters. The zero-order chi connectivity index (χ0) is 24.9. The second-order valence-corrected chi connectivity index (χ2v) is 9.30. The van der Waals surface area contributed by atoms with Gasteiger partial charge in [-0.25, -0.2) is 9.97 Å². The van der Waals surface area contributed by atoms with Crippen LogP contribution in [0.4, 0.5) is 0 Å². The minimum absolute atomic E-state index is 0.981. The molecular weight excluding hydrogens is 456 g/mol. The van der Waals surface area contributed by atoms with Gasteiger partial charge in [0, 0.05) is 70.5 Å². The first kappa shape index (κ1) is 21.4. The first-order chi connectivity index (χ1) is 18.1. The van der Waals surface area contributed by atoms with Crippen LogP contribution in [0.3, 0.4) is 0 Å². The summed E-state index contributed by atoms with van der Waals surface area (Å²) in [5.41, 5.74) is 6.87. The average Bonchev–Trinajstić information content (AvgIpc) is 3.71. The van der Waals surface area contributed by atoms with Crippen LogP contribution in [0, 0.1) is 20.4 Å². The van der Waals surface area contributed by atoms with Crippen LogP contribution in [0.2, 0.25) is 0 Å². The van der Waals surface area contributed by atoms with Gasteiger partial charge in [-0.05, 0) is 80.1 Å². The fourth-order valence-electron chi connectivity index (χ4n) is 5.10. The number of imidazole rings is 2. The van der Waals surface area contributed by atoms with Crippen LogP contribution in [-0.4, -0.2) is 28.2 Å². The third-order valence-electron chi connectivity index (χ3n) is 7.05. The normalized spacial score (nSPS) is 11.6. The molecule has 4 aromatic heterocycles. The van der Waals surface area contributed by atoms with Gasteiger partial charge in [-0.3, -0.25) is 0 Å². The Labute approximate surface area is 214 Å². The summed E-state index contributed by atoms with van der Waals surface area (Å²) in [5, 5.41) is 2.40. The summed E-state index contributed by atoms with van der Waals surface area (Å²) in [6, 6.07) is 26.0. The zero-order valence-corrected chi connectivity index (χ0v) is 20.7. The lowest BCUT2D eigenvalue weighted by Gasteiger charge is -2.10. The Morgan fingerprint density at radius 1 is 0.541 bits per heavy atom. The van der Waals surface area contributed by atoms with Crippen LogP contribution in [0.5, 0.6) is 0 Å². The summed E-state index contributed by atoms with van der Waals surface area (Å²) in [5.74, 6) is 1.96. The van der Waals surface area contributed by atoms with E-state index in [1.807, 2.05) is 38.6 Å². The lowest BCUT2D eigenvalue weighted by atomic mass is 10.2. The topological polar surface area (TPSA) is 45.5 Å². The quantitative estimate of drug-likeness (QED) is 0.277. The molecule has 0 aliphatic rings. The molecule has 179 valence electrons. The maximum absolute atomic E-state index is 4.34. The highest BCUT2D eigenvalue weighted by Crippen LogP contribution is 2.26. The van der Waals surface area contributed by atoms with Crippen molar-refractivity contribution in [2.45, 2.75) is 13.8 Å². The van der Waals surface area contributed by atoms with Crippen LogP contribution in [0.25, 0.3) is 38.9 Å². The van der Waals surface area contributed by atoms with E-state index in [4.69, 9.17) is 0 Å². The summed E-state index contributed by atoms with van der Waals surface area (Å²) in [7, 11) is 0. The van der Waals surface area contributed by atoms with Crippen LogP contribution >= 0.6 is 0 Å². The van der Waals surface area contributed by atoms with E-state index in [-0.39, 0.29) is 0 Å². The van der Waals surface area contributed by atoms with Crippen molar-refractivity contribution in [2.24, 2.45) is 0 Å². The number of aryl methyl sites for hydroxylation is 2. The Bertz CT molecular complexity index is 1880. The third kappa shape index (κ3) is 3.65. The molecule has 1 radical (unpaired) electrons. The van der Waals surface area contributed by atoms with Crippen molar-refractivity contribution in [1.82, 2.24) is 28.2 Å². The monoisotopic (exact) mass is 481 g/mol. The van der Waals surface area contributed by atoms with Gasteiger partial charge in [0.15, 0.2) is 0 Å². The van der Waals surface area contributed by atoms with Crippen molar-refractivity contribution in [3.05, 3.63) is 134 Å². The van der Waals surface area contributed by atoms with Crippen molar-refractivity contribution in [3.8, 4) is 17.1 Å². The maximum Gasteiger partial charge on any atom is 0.110 e. The Hall–Kier alpha value is -4.84. The number of rotatable bonds is 5. The van der Waals surface area contributed by atoms with E-state index in [0.717, 1.165) is 34.3 Å². The highest BCUT2D eigenvalue weighted by atomic mass is 15.1. The zero-order valence-electron chi connectivity index (χ0n) is 20.7. The Morgan fingerprint density at radius 2 is 1.11 bits per heavy atom. The molecule has 0 atom stereocenters. The number of nitrogens with zero attached hydrogens (tertiary/aromatic N) is 6. The molecule has 0 spiro atoms. The minimum Gasteiger partial charge on any atom is -0.338 e. The van der Waals surface area contributed by atoms with Crippen molar-refractivity contribution in [1.29, 1.82) is 0 Å². The Kier molecular flexibility index (Phi) is 4.86. The number of aromatic nitrogens is 6. The number of hydrogen-bond donors (Lipinski definition) is 0. The fourth-order valence-corrected chi connectivity index (χ4v) is 5.10. The number of fused-ring (bicyclic) bond motifs is 2. The lowest BCUT2D eigenvalue weighted by molar-refractivity contribution is 0.975. The largest absolute Gasteiger partial charge is 0.338 e. The van der Waals surface area contributed by atoms with Gasteiger partial charge in [0.25, 0.3) is 0 Å². The van der Waals surface area contributed by atoms with E-state index in [1.54, 1.807) is 0 Å². The molecule has 0 aliphatic carbocycles. The van der Waals surface area contributed by atoms with Crippen LogP contribution in [-0.2, 0) is 0 Å². The van der Waals surface area contributed by atoms with Crippen molar-refractivity contribution in [3.63, 3.8) is 0 Å². The molecule has 4 heterocycles. The Morgan fingerprint density at radius 3 is 1.73 bits per heavy atom. The molecule has 0 saturated heterocycles. The van der Waals surface area contributed by atoms with Gasteiger partial charge >= 0.3 is 0 Å². The first-order valence-corrected chi connectivity index (χ1v) is 12.3. The predicted molar refractivity (Wildman–Crippen MR) is 148 cm³/mol. The van der Waals surface area contributed by atoms with Gasteiger partial charge in [-0.1, -0.05) is 12.1 Å². The van der Waals surface area contributed by atoms with E-state index in [2.05, 4.69) is 120 Å². The third-order valence-corrected chi connectivity index (χ3v) is 7.05. The highest BCUT2D eigenvalue weighted by Gasteiger charge is 2.09. The van der Waals surface area contributed by atoms with Gasteiger partial charge in [0.2, 0.25) is 0 Å². The van der Waals surface area contributed by atoms with Gasteiger partial charge < -0.3 is 18.3 Å². The molecule has 6 heteroatoms. The molecule has 6 nitrogen and oxygen atoms in total. The van der Waals surface area contributed by atoms with E-state index < -0.39 is 0 Å². The van der Waals surface area contributed by atoms with Crippen LogP contribution in [0.1, 0.15) is 17.2 Å². The second kappa shape index (κ2) is 8.38. The van der Waals surface area contributed by atoms with Crippen LogP contribution in [0.15, 0.2) is 110 Å². The first-order valence-electron chi connectivity index (χ1n) is 12.3. The highest BCUT2D eigenvalue weighted by molar-refractivity contribution is 5.84. The number of hydrogen-bond acceptors (Lipinski definition) is 2. The summed E-state index contributed by atoms with van der Waals surface area (Å²) < 4.78 is 8.61. The summed E-state index contributed by atoms with van der Waals surface area (Å²) in [4.78, 5) is 8.68. The molecule has 37 heavy (non-hydrogen) atoms. The standard InChI is InChI=1S/C31H25N6/c1-22-32-13-17-35(22)28-7-9-30-25(19-28)11-15-34(30)21-24-3-5-27(6-4-24)37-16-12-26-20-29(8-10-31(26)37)36-18-14-33-23(36)2/h3-21H,1-2H3. The summed E-state index contributed by atoms with van der Waals surface area (Å²) >= 11 is 0. The minimum atomic E-state index is 0.981. The smallest absolute Gasteiger partial charge is 0.110 e. The van der Waals surface area contributed by atoms with E-state index in [9.17, 15) is 0 Å². The molecule has 0 fully saturated rings. The number of benzene rings is 3. The van der Waals surface area contributed by atoms with E-state index in [1.165, 1.54) is 21.8 Å². The fraction of sp³-hybridized carbons (Fsp3) is 0.0645. The van der Waals surface area contributed by atoms with E-state index in [0.29, 0.717) is 0 Å². The molecule has 0 aliphatic heterocycles. The van der Waals surface area contributed by atoms with Crippen molar-refractivity contribution in [2.75, 3.05) is 0 Å². The molecule has 0 bridgehead atoms. The van der Waals surface area contributed by atoms with E-state index >= 15 is 0 Å². The SMILES string of the molecule is Cc1nccn1-c1ccc2c(ccn2[CH]c2ccc(-n3ccc4cc(-n5ccnc5C)ccc43)cc2)c1. The molecular formula is C31H25N6. The van der Waals surface area contributed by atoms with Gasteiger partial charge in [0.1, 0.15) is 11.6 Å². The molecule has 7 rings (SSSR count). The summed E-state index contributed by atoms with van der Waals surface area (Å²) in [6.45, 7) is 6.20. The molecule has 0 N–H and O–H groups in total. The average molecular weight is 482 g/mol. The van der Waals surface area contributed by atoms with Crippen molar-refractivity contribution < 1.29 is 0 Å². The molecule has 3 aromatic carbocycles. The predicted octanol–water partition coefficient (Wildman–Crippen LogP) is 6.63. The Balaban J connectivity index is 1.14. The van der Waals surface area contributed by atoms with Crippen LogP contribution < -0.4 is 0 Å².